The average molecular weight is 315 g/mol. The van der Waals surface area contributed by atoms with Gasteiger partial charge in [0.05, 0.1) is 5.52 Å². The molecule has 3 aromatic rings. The summed E-state index contributed by atoms with van der Waals surface area (Å²) < 4.78 is 5.83. The number of benzene rings is 1. The van der Waals surface area contributed by atoms with E-state index < -0.39 is 0 Å². The minimum absolute atomic E-state index is 0.620. The first-order valence-corrected chi connectivity index (χ1v) is 7.01. The van der Waals surface area contributed by atoms with Crippen LogP contribution in [0.4, 0.5) is 0 Å². The maximum atomic E-state index is 5.83. The van der Waals surface area contributed by atoms with E-state index in [0.29, 0.717) is 11.2 Å². The molecule has 4 heteroatoms. The zero-order valence-electron chi connectivity index (χ0n) is 10.1. The van der Waals surface area contributed by atoms with Gasteiger partial charge < -0.3 is 4.74 Å². The quantitative estimate of drug-likeness (QED) is 0.675. The number of rotatable bonds is 3. The predicted molar refractivity (Wildman–Crippen MR) is 78.7 cm³/mol. The van der Waals surface area contributed by atoms with Crippen LogP contribution in [0.5, 0.6) is 11.6 Å². The lowest BCUT2D eigenvalue weighted by atomic mass is 10.2. The molecule has 0 bridgehead atoms. The van der Waals surface area contributed by atoms with Gasteiger partial charge in [-0.2, -0.15) is 0 Å². The summed E-state index contributed by atoms with van der Waals surface area (Å²) in [5.74, 6) is 1.36. The number of hydrogen-bond acceptors (Lipinski definition) is 3. The normalized spacial score (nSPS) is 10.6. The zero-order chi connectivity index (χ0) is 13.1. The number of aromatic nitrogens is 2. The summed E-state index contributed by atoms with van der Waals surface area (Å²) in [5.41, 5.74) is 1.93. The lowest BCUT2D eigenvalue weighted by molar-refractivity contribution is 0.459. The fourth-order valence-corrected chi connectivity index (χ4v) is 2.27. The molecule has 0 amide bonds. The largest absolute Gasteiger partial charge is 0.439 e. The summed E-state index contributed by atoms with van der Waals surface area (Å²) in [4.78, 5) is 8.57. The van der Waals surface area contributed by atoms with E-state index in [1.807, 2.05) is 42.5 Å². The molecule has 94 valence electrons. The number of ether oxygens (including phenoxy) is 1. The Morgan fingerprint density at radius 3 is 2.74 bits per heavy atom. The summed E-state index contributed by atoms with van der Waals surface area (Å²) in [6.45, 7) is 0. The molecule has 19 heavy (non-hydrogen) atoms. The molecule has 0 aliphatic carbocycles. The van der Waals surface area contributed by atoms with Crippen LogP contribution in [0.3, 0.4) is 0 Å². The van der Waals surface area contributed by atoms with Crippen molar-refractivity contribution in [2.45, 2.75) is 5.33 Å². The molecule has 1 aromatic carbocycles. The molecule has 2 aromatic heterocycles. The number of fused-ring (bicyclic) bond motifs is 1. The third-order valence-corrected chi connectivity index (χ3v) is 3.39. The monoisotopic (exact) mass is 314 g/mol. The second kappa shape index (κ2) is 5.36. The van der Waals surface area contributed by atoms with Crippen LogP contribution in [0.15, 0.2) is 54.9 Å². The van der Waals surface area contributed by atoms with Crippen LogP contribution in [-0.2, 0) is 5.33 Å². The summed E-state index contributed by atoms with van der Waals surface area (Å²) >= 11 is 3.43. The van der Waals surface area contributed by atoms with Gasteiger partial charge in [0.25, 0.3) is 0 Å². The predicted octanol–water partition coefficient (Wildman–Crippen LogP) is 4.32. The van der Waals surface area contributed by atoms with Gasteiger partial charge in [-0.05, 0) is 24.3 Å². The molecule has 0 N–H and O–H groups in total. The minimum atomic E-state index is 0.620. The molecule has 0 fully saturated rings. The molecule has 0 saturated carbocycles. The van der Waals surface area contributed by atoms with E-state index in [4.69, 9.17) is 4.74 Å². The first kappa shape index (κ1) is 12.1. The van der Waals surface area contributed by atoms with Gasteiger partial charge in [-0.3, -0.25) is 4.98 Å². The van der Waals surface area contributed by atoms with Gasteiger partial charge in [-0.1, -0.05) is 28.1 Å². The van der Waals surface area contributed by atoms with Crippen LogP contribution in [0.25, 0.3) is 10.9 Å². The summed E-state index contributed by atoms with van der Waals surface area (Å²) in [6.07, 6.45) is 3.50. The third kappa shape index (κ3) is 2.58. The van der Waals surface area contributed by atoms with Crippen LogP contribution in [0.1, 0.15) is 5.56 Å². The maximum Gasteiger partial charge on any atom is 0.223 e. The molecular formula is C15H11BrN2O. The van der Waals surface area contributed by atoms with E-state index in [1.54, 1.807) is 12.4 Å². The highest BCUT2D eigenvalue weighted by atomic mass is 79.9. The Bertz CT molecular complexity index is 715. The Morgan fingerprint density at radius 1 is 1.00 bits per heavy atom. The average Bonchev–Trinajstić information content (AvgIpc) is 2.48. The molecule has 0 atom stereocenters. The Labute approximate surface area is 119 Å². The molecular weight excluding hydrogens is 304 g/mol. The molecule has 2 heterocycles. The Balaban J connectivity index is 1.96. The summed E-state index contributed by atoms with van der Waals surface area (Å²) in [6, 6.07) is 13.7. The highest BCUT2D eigenvalue weighted by molar-refractivity contribution is 9.08. The van der Waals surface area contributed by atoms with Gasteiger partial charge >= 0.3 is 0 Å². The molecule has 0 radical (unpaired) electrons. The zero-order valence-corrected chi connectivity index (χ0v) is 11.7. The van der Waals surface area contributed by atoms with Crippen molar-refractivity contribution >= 4 is 26.8 Å². The Kier molecular flexibility index (Phi) is 3.42. The highest BCUT2D eigenvalue weighted by Crippen LogP contribution is 2.26. The van der Waals surface area contributed by atoms with E-state index in [0.717, 1.165) is 22.2 Å². The smallest absolute Gasteiger partial charge is 0.223 e. The Hall–Kier alpha value is -1.94. The van der Waals surface area contributed by atoms with Crippen LogP contribution < -0.4 is 4.74 Å². The molecule has 3 nitrogen and oxygen atoms in total. The van der Waals surface area contributed by atoms with E-state index >= 15 is 0 Å². The van der Waals surface area contributed by atoms with Crippen molar-refractivity contribution in [2.75, 3.05) is 0 Å². The topological polar surface area (TPSA) is 35.0 Å². The van der Waals surface area contributed by atoms with Crippen molar-refractivity contribution in [3.05, 3.63) is 60.4 Å². The maximum absolute atomic E-state index is 5.83. The van der Waals surface area contributed by atoms with Crippen molar-refractivity contribution < 1.29 is 4.74 Å². The van der Waals surface area contributed by atoms with Crippen molar-refractivity contribution in [1.29, 1.82) is 0 Å². The van der Waals surface area contributed by atoms with Crippen molar-refractivity contribution in [3.63, 3.8) is 0 Å². The minimum Gasteiger partial charge on any atom is -0.439 e. The number of pyridine rings is 2. The number of nitrogens with zero attached hydrogens (tertiary/aromatic N) is 2. The summed E-state index contributed by atoms with van der Waals surface area (Å²) in [7, 11) is 0. The molecule has 0 aliphatic rings. The second-order valence-electron chi connectivity index (χ2n) is 4.06. The van der Waals surface area contributed by atoms with Crippen molar-refractivity contribution in [3.8, 4) is 11.6 Å². The molecule has 0 saturated heterocycles. The van der Waals surface area contributed by atoms with Gasteiger partial charge in [-0.15, -0.1) is 0 Å². The van der Waals surface area contributed by atoms with Crippen molar-refractivity contribution in [1.82, 2.24) is 9.97 Å². The molecule has 0 spiro atoms. The van der Waals surface area contributed by atoms with Gasteiger partial charge in [0.1, 0.15) is 5.75 Å². The van der Waals surface area contributed by atoms with E-state index in [9.17, 15) is 0 Å². The fraction of sp³-hybridized carbons (Fsp3) is 0.0667. The number of hydrogen-bond donors (Lipinski definition) is 0. The lowest BCUT2D eigenvalue weighted by Crippen LogP contribution is -1.92. The van der Waals surface area contributed by atoms with Crippen LogP contribution in [-0.4, -0.2) is 9.97 Å². The second-order valence-corrected chi connectivity index (χ2v) is 4.62. The van der Waals surface area contributed by atoms with E-state index in [-0.39, 0.29) is 0 Å². The standard InChI is InChI=1S/C15H11BrN2O/c16-10-12-4-2-8-18-15(12)19-13-6-5-11-3-1-7-17-14(11)9-13/h1-9H,10H2. The first-order chi connectivity index (χ1) is 9.36. The van der Waals surface area contributed by atoms with Gasteiger partial charge in [0.15, 0.2) is 0 Å². The van der Waals surface area contributed by atoms with Crippen LogP contribution >= 0.6 is 15.9 Å². The van der Waals surface area contributed by atoms with Gasteiger partial charge in [0.2, 0.25) is 5.88 Å². The van der Waals surface area contributed by atoms with Gasteiger partial charge in [0, 0.05) is 34.7 Å². The molecule has 3 rings (SSSR count). The highest BCUT2D eigenvalue weighted by Gasteiger charge is 2.05. The van der Waals surface area contributed by atoms with Crippen molar-refractivity contribution in [2.24, 2.45) is 0 Å². The van der Waals surface area contributed by atoms with E-state index in [2.05, 4.69) is 25.9 Å². The number of halogens is 1. The fourth-order valence-electron chi connectivity index (χ4n) is 1.84. The first-order valence-electron chi connectivity index (χ1n) is 5.89. The third-order valence-electron chi connectivity index (χ3n) is 2.79. The molecule has 0 unspecified atom stereocenters. The lowest BCUT2D eigenvalue weighted by Gasteiger charge is -2.08. The SMILES string of the molecule is BrCc1cccnc1Oc1ccc2cccnc2c1. The van der Waals surface area contributed by atoms with E-state index in [1.165, 1.54) is 0 Å². The van der Waals surface area contributed by atoms with Crippen LogP contribution in [0, 0.1) is 0 Å². The number of alkyl halides is 1. The Morgan fingerprint density at radius 2 is 1.84 bits per heavy atom. The molecule has 0 aliphatic heterocycles. The van der Waals surface area contributed by atoms with Gasteiger partial charge in [-0.25, -0.2) is 4.98 Å². The summed E-state index contributed by atoms with van der Waals surface area (Å²) in [5, 5.41) is 1.80. The van der Waals surface area contributed by atoms with Crippen LogP contribution in [0.2, 0.25) is 0 Å².